The molecule has 0 fully saturated rings. The molecule has 0 saturated heterocycles. The van der Waals surface area contributed by atoms with Gasteiger partial charge in [0.2, 0.25) is 0 Å². The minimum Gasteiger partial charge on any atom is -0.317 e. The molecule has 3 aromatic carbocycles. The zero-order valence-corrected chi connectivity index (χ0v) is 13.9. The van der Waals surface area contributed by atoms with Crippen LogP contribution in [0.25, 0.3) is 27.7 Å². The van der Waals surface area contributed by atoms with Crippen molar-refractivity contribution in [3.63, 3.8) is 0 Å². The third-order valence-electron chi connectivity index (χ3n) is 4.27. The first-order valence-electron chi connectivity index (χ1n) is 7.75. The molecule has 4 aromatic rings. The Balaban J connectivity index is 1.82. The molecule has 1 nitrogen and oxygen atoms in total. The smallest absolute Gasteiger partial charge is 0.126 e. The topological polar surface area (TPSA) is 4.93 Å². The maximum Gasteiger partial charge on any atom is 0.126 e. The van der Waals surface area contributed by atoms with Gasteiger partial charge in [-0.25, -0.2) is 4.39 Å². The first kappa shape index (κ1) is 15.0. The van der Waals surface area contributed by atoms with Crippen LogP contribution in [0.3, 0.4) is 0 Å². The largest absolute Gasteiger partial charge is 0.317 e. The number of rotatable bonds is 2. The molecule has 0 spiro atoms. The van der Waals surface area contributed by atoms with Gasteiger partial charge >= 0.3 is 0 Å². The predicted octanol–water partition coefficient (Wildman–Crippen LogP) is 6.40. The van der Waals surface area contributed by atoms with Gasteiger partial charge in [-0.3, -0.25) is 0 Å². The lowest BCUT2D eigenvalue weighted by atomic mass is 10.0. The van der Waals surface area contributed by atoms with E-state index in [1.807, 2.05) is 36.5 Å². The number of halogens is 2. The lowest BCUT2D eigenvalue weighted by Gasteiger charge is -2.08. The van der Waals surface area contributed by atoms with Crippen LogP contribution in [0.2, 0.25) is 5.02 Å². The molecule has 0 atom stereocenters. The Kier molecular flexibility index (Phi) is 3.62. The van der Waals surface area contributed by atoms with E-state index in [1.54, 1.807) is 13.0 Å². The minimum absolute atomic E-state index is 0.182. The highest BCUT2D eigenvalue weighted by atomic mass is 35.5. The van der Waals surface area contributed by atoms with Gasteiger partial charge in [-0.05, 0) is 72.1 Å². The fraction of sp³-hybridized carbons (Fsp3) is 0.0476. The molecule has 118 valence electrons. The number of hydrogen-bond donors (Lipinski definition) is 0. The summed E-state index contributed by atoms with van der Waals surface area (Å²) in [6.45, 7) is 1.78. The van der Waals surface area contributed by atoms with Crippen molar-refractivity contribution in [2.75, 3.05) is 0 Å². The summed E-state index contributed by atoms with van der Waals surface area (Å²) in [5.41, 5.74) is 4.91. The monoisotopic (exact) mass is 335 g/mol. The zero-order valence-electron chi connectivity index (χ0n) is 13.1. The van der Waals surface area contributed by atoms with E-state index in [0.717, 1.165) is 32.7 Å². The molecule has 0 aliphatic carbocycles. The highest BCUT2D eigenvalue weighted by Crippen LogP contribution is 2.28. The fourth-order valence-electron chi connectivity index (χ4n) is 2.99. The van der Waals surface area contributed by atoms with E-state index in [2.05, 4.69) is 28.8 Å². The number of aryl methyl sites for hydroxylation is 1. The lowest BCUT2D eigenvalue weighted by Crippen LogP contribution is -1.94. The Labute approximate surface area is 144 Å². The van der Waals surface area contributed by atoms with Crippen LogP contribution in [0.5, 0.6) is 0 Å². The van der Waals surface area contributed by atoms with E-state index < -0.39 is 0 Å². The Morgan fingerprint density at radius 2 is 1.71 bits per heavy atom. The van der Waals surface area contributed by atoms with Crippen molar-refractivity contribution >= 4 is 22.5 Å². The van der Waals surface area contributed by atoms with Crippen LogP contribution >= 0.6 is 11.6 Å². The summed E-state index contributed by atoms with van der Waals surface area (Å²) in [5, 5.41) is 1.86. The van der Waals surface area contributed by atoms with E-state index in [1.165, 1.54) is 6.07 Å². The third kappa shape index (κ3) is 2.59. The van der Waals surface area contributed by atoms with E-state index in [4.69, 9.17) is 11.6 Å². The van der Waals surface area contributed by atoms with Crippen LogP contribution in [-0.2, 0) is 0 Å². The van der Waals surface area contributed by atoms with Gasteiger partial charge in [-0.2, -0.15) is 0 Å². The van der Waals surface area contributed by atoms with Crippen molar-refractivity contribution < 1.29 is 4.39 Å². The van der Waals surface area contributed by atoms with Crippen molar-refractivity contribution in [2.24, 2.45) is 0 Å². The summed E-state index contributed by atoms with van der Waals surface area (Å²) >= 11 is 6.09. The molecule has 0 aliphatic heterocycles. The van der Waals surface area contributed by atoms with Gasteiger partial charge in [0, 0.05) is 22.3 Å². The second-order valence-corrected chi connectivity index (χ2v) is 6.34. The fourth-order valence-corrected chi connectivity index (χ4v) is 3.18. The predicted molar refractivity (Wildman–Crippen MR) is 98.4 cm³/mol. The van der Waals surface area contributed by atoms with Crippen molar-refractivity contribution in [3.05, 3.63) is 89.3 Å². The molecule has 4 rings (SSSR count). The normalized spacial score (nSPS) is 11.1. The Hall–Kier alpha value is -2.58. The van der Waals surface area contributed by atoms with Gasteiger partial charge in [0.15, 0.2) is 0 Å². The van der Waals surface area contributed by atoms with Crippen molar-refractivity contribution in [2.45, 2.75) is 6.92 Å². The van der Waals surface area contributed by atoms with Crippen LogP contribution in [-0.4, -0.2) is 4.57 Å². The highest BCUT2D eigenvalue weighted by Gasteiger charge is 2.07. The molecule has 0 amide bonds. The molecule has 0 bridgehead atoms. The van der Waals surface area contributed by atoms with Gasteiger partial charge in [-0.1, -0.05) is 29.8 Å². The summed E-state index contributed by atoms with van der Waals surface area (Å²) in [5.74, 6) is -0.182. The standard InChI is InChI=1S/C21H15ClFN/c1-14-11-19(6-7-20(14)23)24-10-9-17-12-16(5-8-21(17)24)15-3-2-4-18(22)13-15/h2-13H,1H3. The first-order chi connectivity index (χ1) is 11.6. The molecule has 0 saturated carbocycles. The van der Waals surface area contributed by atoms with Crippen LogP contribution < -0.4 is 0 Å². The summed E-state index contributed by atoms with van der Waals surface area (Å²) < 4.78 is 15.6. The van der Waals surface area contributed by atoms with Gasteiger partial charge < -0.3 is 4.57 Å². The number of fused-ring (bicyclic) bond motifs is 1. The summed E-state index contributed by atoms with van der Waals surface area (Å²) in [7, 11) is 0. The van der Waals surface area contributed by atoms with E-state index in [-0.39, 0.29) is 5.82 Å². The molecule has 0 radical (unpaired) electrons. The third-order valence-corrected chi connectivity index (χ3v) is 4.50. The van der Waals surface area contributed by atoms with E-state index in [0.29, 0.717) is 5.56 Å². The van der Waals surface area contributed by atoms with Crippen LogP contribution in [0.15, 0.2) is 72.9 Å². The van der Waals surface area contributed by atoms with Crippen LogP contribution in [0.4, 0.5) is 4.39 Å². The molecule has 0 unspecified atom stereocenters. The van der Waals surface area contributed by atoms with Crippen LogP contribution in [0.1, 0.15) is 5.56 Å². The average molecular weight is 336 g/mol. The average Bonchev–Trinajstić information content (AvgIpc) is 3.00. The zero-order chi connectivity index (χ0) is 16.7. The van der Waals surface area contributed by atoms with Crippen molar-refractivity contribution in [1.29, 1.82) is 0 Å². The SMILES string of the molecule is Cc1cc(-n2ccc3cc(-c4cccc(Cl)c4)ccc32)ccc1F. The quantitative estimate of drug-likeness (QED) is 0.399. The molecule has 3 heteroatoms. The number of benzene rings is 3. The molecule has 1 aromatic heterocycles. The minimum atomic E-state index is -0.182. The maximum atomic E-state index is 13.5. The number of hydrogen-bond acceptors (Lipinski definition) is 0. The first-order valence-corrected chi connectivity index (χ1v) is 8.13. The summed E-state index contributed by atoms with van der Waals surface area (Å²) in [6, 6.07) is 21.4. The molecule has 0 aliphatic rings. The van der Waals surface area contributed by atoms with E-state index >= 15 is 0 Å². The van der Waals surface area contributed by atoms with E-state index in [9.17, 15) is 4.39 Å². The summed E-state index contributed by atoms with van der Waals surface area (Å²) in [6.07, 6.45) is 2.01. The molecule has 1 heterocycles. The van der Waals surface area contributed by atoms with Crippen molar-refractivity contribution in [3.8, 4) is 16.8 Å². The molecular weight excluding hydrogens is 321 g/mol. The van der Waals surface area contributed by atoms with Gasteiger partial charge in [0.05, 0.1) is 5.52 Å². The summed E-state index contributed by atoms with van der Waals surface area (Å²) in [4.78, 5) is 0. The lowest BCUT2D eigenvalue weighted by molar-refractivity contribution is 0.618. The van der Waals surface area contributed by atoms with Crippen LogP contribution in [0, 0.1) is 12.7 Å². The maximum absolute atomic E-state index is 13.5. The second kappa shape index (κ2) is 5.81. The molecular formula is C21H15ClFN. The van der Waals surface area contributed by atoms with Gasteiger partial charge in [0.25, 0.3) is 0 Å². The number of aromatic nitrogens is 1. The van der Waals surface area contributed by atoms with Gasteiger partial charge in [0.1, 0.15) is 5.82 Å². The highest BCUT2D eigenvalue weighted by molar-refractivity contribution is 6.30. The Morgan fingerprint density at radius 1 is 0.875 bits per heavy atom. The second-order valence-electron chi connectivity index (χ2n) is 5.90. The van der Waals surface area contributed by atoms with Gasteiger partial charge in [-0.15, -0.1) is 0 Å². The number of nitrogens with zero attached hydrogens (tertiary/aromatic N) is 1. The van der Waals surface area contributed by atoms with Crippen molar-refractivity contribution in [1.82, 2.24) is 4.57 Å². The Morgan fingerprint density at radius 3 is 2.50 bits per heavy atom. The molecule has 0 N–H and O–H groups in total. The molecule has 24 heavy (non-hydrogen) atoms. The Bertz CT molecular complexity index is 1050.